The molecule has 0 radical (unpaired) electrons. The predicted molar refractivity (Wildman–Crippen MR) is 131 cm³/mol. The topological polar surface area (TPSA) is 98.2 Å². The fraction of sp³-hybridized carbons (Fsp3) is 0.120. The van der Waals surface area contributed by atoms with Crippen LogP contribution in [0.25, 0.3) is 27.0 Å². The first-order valence-electron chi connectivity index (χ1n) is 10.4. The molecule has 7 nitrogen and oxygen atoms in total. The number of thiophene rings is 1. The fourth-order valence-electron chi connectivity index (χ4n) is 3.84. The molecule has 0 aliphatic heterocycles. The van der Waals surface area contributed by atoms with Gasteiger partial charge in [-0.1, -0.05) is 36.3 Å². The van der Waals surface area contributed by atoms with Crippen molar-refractivity contribution in [2.75, 3.05) is 5.73 Å². The van der Waals surface area contributed by atoms with E-state index in [1.807, 2.05) is 49.6 Å². The summed E-state index contributed by atoms with van der Waals surface area (Å²) >= 11 is 1.54. The van der Waals surface area contributed by atoms with E-state index >= 15 is 0 Å². The average Bonchev–Trinajstić information content (AvgIpc) is 3.38. The SMILES string of the molecule is CC#Cc1csc2nc([C@H](C)NC(=O)c3c(N)nn4cccnc34)c(-c3ccccc3)cc12. The first kappa shape index (κ1) is 20.7. The maximum absolute atomic E-state index is 13.2. The molecule has 1 amide bonds. The zero-order valence-electron chi connectivity index (χ0n) is 18.0. The van der Waals surface area contributed by atoms with E-state index in [1.54, 1.807) is 29.8 Å². The number of nitrogens with zero attached hydrogens (tertiary/aromatic N) is 4. The van der Waals surface area contributed by atoms with Crippen LogP contribution in [0.3, 0.4) is 0 Å². The third-order valence-electron chi connectivity index (χ3n) is 5.35. The predicted octanol–water partition coefficient (Wildman–Crippen LogP) is 4.45. The van der Waals surface area contributed by atoms with Crippen LogP contribution in [0.2, 0.25) is 0 Å². The Balaban J connectivity index is 1.58. The summed E-state index contributed by atoms with van der Waals surface area (Å²) in [6, 6.07) is 13.5. The molecule has 5 rings (SSSR count). The Hall–Kier alpha value is -4.22. The van der Waals surface area contributed by atoms with Crippen LogP contribution in [-0.4, -0.2) is 25.5 Å². The van der Waals surface area contributed by atoms with Crippen molar-refractivity contribution in [1.82, 2.24) is 24.9 Å². The van der Waals surface area contributed by atoms with E-state index in [9.17, 15) is 4.79 Å². The number of aromatic nitrogens is 4. The number of fused-ring (bicyclic) bond motifs is 2. The number of anilines is 1. The molecule has 4 aromatic heterocycles. The molecule has 1 atom stereocenters. The van der Waals surface area contributed by atoms with Crippen molar-refractivity contribution in [2.45, 2.75) is 19.9 Å². The van der Waals surface area contributed by atoms with E-state index in [2.05, 4.69) is 33.3 Å². The van der Waals surface area contributed by atoms with Crippen LogP contribution in [0, 0.1) is 11.8 Å². The Morgan fingerprint density at radius 1 is 1.24 bits per heavy atom. The summed E-state index contributed by atoms with van der Waals surface area (Å²) in [5.41, 5.74) is 10.4. The van der Waals surface area contributed by atoms with Crippen molar-refractivity contribution in [1.29, 1.82) is 0 Å². The van der Waals surface area contributed by atoms with Gasteiger partial charge in [0.15, 0.2) is 11.5 Å². The summed E-state index contributed by atoms with van der Waals surface area (Å²) in [6.45, 7) is 3.73. The molecule has 8 heteroatoms. The molecule has 0 aliphatic rings. The van der Waals surface area contributed by atoms with Crippen molar-refractivity contribution in [3.05, 3.63) is 77.1 Å². The molecule has 0 spiro atoms. The standard InChI is InChI=1S/C25H20N6OS/c1-3-8-17-14-33-25-19(17)13-18(16-9-5-4-6-10-16)21(29-25)15(2)28-24(32)20-22(26)30-31-12-7-11-27-23(20)31/h4-7,9-15H,1-2H3,(H2,26,30)(H,28,32)/t15-/m0/s1. The monoisotopic (exact) mass is 452 g/mol. The van der Waals surface area contributed by atoms with Crippen molar-refractivity contribution >= 4 is 38.9 Å². The van der Waals surface area contributed by atoms with Gasteiger partial charge >= 0.3 is 0 Å². The number of rotatable bonds is 4. The van der Waals surface area contributed by atoms with Crippen LogP contribution in [-0.2, 0) is 0 Å². The Kier molecular flexibility index (Phi) is 5.24. The first-order chi connectivity index (χ1) is 16.1. The van der Waals surface area contributed by atoms with Gasteiger partial charge in [-0.2, -0.15) is 0 Å². The van der Waals surface area contributed by atoms with Gasteiger partial charge in [0.25, 0.3) is 5.91 Å². The second-order valence-electron chi connectivity index (χ2n) is 7.51. The number of carbonyl (C=O) groups is 1. The van der Waals surface area contributed by atoms with Gasteiger partial charge in [0.1, 0.15) is 10.4 Å². The lowest BCUT2D eigenvalue weighted by atomic mass is 9.98. The third kappa shape index (κ3) is 3.69. The van der Waals surface area contributed by atoms with Gasteiger partial charge in [-0.3, -0.25) is 4.79 Å². The zero-order chi connectivity index (χ0) is 22.9. The van der Waals surface area contributed by atoms with E-state index in [1.165, 1.54) is 4.52 Å². The summed E-state index contributed by atoms with van der Waals surface area (Å²) < 4.78 is 1.50. The minimum atomic E-state index is -0.391. The number of hydrogen-bond acceptors (Lipinski definition) is 6. The van der Waals surface area contributed by atoms with Gasteiger partial charge in [0.05, 0.1) is 11.7 Å². The van der Waals surface area contributed by atoms with Crippen molar-refractivity contribution in [3.8, 4) is 23.0 Å². The highest BCUT2D eigenvalue weighted by atomic mass is 32.1. The number of pyridine rings is 1. The van der Waals surface area contributed by atoms with E-state index in [0.717, 1.165) is 32.6 Å². The number of nitrogens with two attached hydrogens (primary N) is 1. The molecular weight excluding hydrogens is 432 g/mol. The maximum Gasteiger partial charge on any atom is 0.259 e. The summed E-state index contributed by atoms with van der Waals surface area (Å²) in [6.07, 6.45) is 3.31. The highest BCUT2D eigenvalue weighted by molar-refractivity contribution is 7.17. The minimum Gasteiger partial charge on any atom is -0.381 e. The highest BCUT2D eigenvalue weighted by Gasteiger charge is 2.23. The molecule has 33 heavy (non-hydrogen) atoms. The number of benzene rings is 1. The van der Waals surface area contributed by atoms with Crippen LogP contribution in [0.4, 0.5) is 5.82 Å². The number of amides is 1. The average molecular weight is 453 g/mol. The lowest BCUT2D eigenvalue weighted by molar-refractivity contribution is 0.0941. The van der Waals surface area contributed by atoms with Crippen LogP contribution in [0.5, 0.6) is 0 Å². The van der Waals surface area contributed by atoms with Gasteiger partial charge in [0.2, 0.25) is 0 Å². The molecule has 0 saturated carbocycles. The molecule has 0 saturated heterocycles. The second-order valence-corrected chi connectivity index (χ2v) is 8.37. The molecule has 0 fully saturated rings. The van der Waals surface area contributed by atoms with E-state index in [0.29, 0.717) is 5.65 Å². The molecule has 0 unspecified atom stereocenters. The maximum atomic E-state index is 13.2. The van der Waals surface area contributed by atoms with Crippen LogP contribution >= 0.6 is 11.3 Å². The van der Waals surface area contributed by atoms with Crippen molar-refractivity contribution in [2.24, 2.45) is 0 Å². The summed E-state index contributed by atoms with van der Waals surface area (Å²) in [7, 11) is 0. The molecule has 162 valence electrons. The number of carbonyl (C=O) groups excluding carboxylic acids is 1. The second kappa shape index (κ2) is 8.37. The van der Waals surface area contributed by atoms with Crippen molar-refractivity contribution in [3.63, 3.8) is 0 Å². The number of hydrogen-bond donors (Lipinski definition) is 2. The van der Waals surface area contributed by atoms with Gasteiger partial charge < -0.3 is 11.1 Å². The van der Waals surface area contributed by atoms with Crippen LogP contribution in [0.1, 0.15) is 41.5 Å². The number of nitrogen functional groups attached to an aromatic ring is 1. The Bertz CT molecular complexity index is 1560. The Labute approximate surface area is 194 Å². The Morgan fingerprint density at radius 3 is 2.85 bits per heavy atom. The van der Waals surface area contributed by atoms with Gasteiger partial charge in [-0.15, -0.1) is 22.4 Å². The van der Waals surface area contributed by atoms with Crippen LogP contribution in [0.15, 0.2) is 60.2 Å². The minimum absolute atomic E-state index is 0.131. The third-order valence-corrected chi connectivity index (χ3v) is 6.24. The summed E-state index contributed by atoms with van der Waals surface area (Å²) in [5.74, 6) is 5.90. The van der Waals surface area contributed by atoms with E-state index in [4.69, 9.17) is 10.7 Å². The molecule has 3 N–H and O–H groups in total. The number of nitrogens with one attached hydrogen (secondary N) is 1. The normalized spacial score (nSPS) is 11.8. The highest BCUT2D eigenvalue weighted by Crippen LogP contribution is 2.34. The van der Waals surface area contributed by atoms with E-state index < -0.39 is 6.04 Å². The van der Waals surface area contributed by atoms with Crippen LogP contribution < -0.4 is 11.1 Å². The van der Waals surface area contributed by atoms with Gasteiger partial charge in [-0.25, -0.2) is 14.5 Å². The quantitative estimate of drug-likeness (QED) is 0.393. The smallest absolute Gasteiger partial charge is 0.259 e. The molecule has 5 aromatic rings. The zero-order valence-corrected chi connectivity index (χ0v) is 18.9. The van der Waals surface area contributed by atoms with Crippen molar-refractivity contribution < 1.29 is 4.79 Å². The largest absolute Gasteiger partial charge is 0.381 e. The molecule has 0 bridgehead atoms. The molecular formula is C25H20N6OS. The van der Waals surface area contributed by atoms with E-state index in [-0.39, 0.29) is 17.3 Å². The summed E-state index contributed by atoms with van der Waals surface area (Å²) in [5, 5.41) is 10.2. The first-order valence-corrected chi connectivity index (χ1v) is 11.2. The fourth-order valence-corrected chi connectivity index (χ4v) is 4.70. The summed E-state index contributed by atoms with van der Waals surface area (Å²) in [4.78, 5) is 23.3. The lowest BCUT2D eigenvalue weighted by Gasteiger charge is -2.18. The molecule has 1 aromatic carbocycles. The molecule has 4 heterocycles. The molecule has 0 aliphatic carbocycles. The van der Waals surface area contributed by atoms with Gasteiger partial charge in [0, 0.05) is 34.3 Å². The lowest BCUT2D eigenvalue weighted by Crippen LogP contribution is -2.28. The van der Waals surface area contributed by atoms with Gasteiger partial charge in [-0.05, 0) is 31.5 Å². The Morgan fingerprint density at radius 2 is 2.06 bits per heavy atom.